The number of hydrogen-bond donors (Lipinski definition) is 1. The molecule has 0 radical (unpaired) electrons. The number of rotatable bonds is 2. The molecular weight excluding hydrogens is 286 g/mol. The SMILES string of the molecule is CC(C)C1(F)CCc2nc3c(F)cc(C(N)=O)cc3cc2C1. The van der Waals surface area contributed by atoms with Crippen molar-refractivity contribution in [2.24, 2.45) is 11.7 Å². The molecule has 0 saturated heterocycles. The fourth-order valence-electron chi connectivity index (χ4n) is 3.06. The van der Waals surface area contributed by atoms with Crippen LogP contribution in [0.4, 0.5) is 8.78 Å². The summed E-state index contributed by atoms with van der Waals surface area (Å²) >= 11 is 0. The molecule has 5 heteroatoms. The molecule has 0 bridgehead atoms. The molecule has 1 aromatic carbocycles. The van der Waals surface area contributed by atoms with Gasteiger partial charge in [0, 0.05) is 23.1 Å². The zero-order chi connectivity index (χ0) is 16.1. The minimum absolute atomic E-state index is 0.0926. The molecule has 1 atom stereocenters. The van der Waals surface area contributed by atoms with Gasteiger partial charge in [-0.05, 0) is 42.5 Å². The van der Waals surface area contributed by atoms with Crippen molar-refractivity contribution in [3.05, 3.63) is 40.8 Å². The Kier molecular flexibility index (Phi) is 3.38. The normalized spacial score (nSPS) is 21.1. The van der Waals surface area contributed by atoms with Crippen molar-refractivity contribution in [1.29, 1.82) is 0 Å². The average Bonchev–Trinajstić information content (AvgIpc) is 2.45. The van der Waals surface area contributed by atoms with Crippen LogP contribution in [0.1, 0.15) is 41.9 Å². The molecule has 3 rings (SSSR count). The first-order valence-corrected chi connectivity index (χ1v) is 7.41. The van der Waals surface area contributed by atoms with Crippen LogP contribution in [0.3, 0.4) is 0 Å². The number of carbonyl (C=O) groups is 1. The second kappa shape index (κ2) is 5.00. The largest absolute Gasteiger partial charge is 0.366 e. The summed E-state index contributed by atoms with van der Waals surface area (Å²) in [6, 6.07) is 4.35. The smallest absolute Gasteiger partial charge is 0.248 e. The van der Waals surface area contributed by atoms with Crippen LogP contribution in [0, 0.1) is 11.7 Å². The number of alkyl halides is 1. The third-order valence-corrected chi connectivity index (χ3v) is 4.62. The Morgan fingerprint density at radius 1 is 1.36 bits per heavy atom. The van der Waals surface area contributed by atoms with Crippen molar-refractivity contribution in [3.63, 3.8) is 0 Å². The van der Waals surface area contributed by atoms with Crippen LogP contribution in [0.2, 0.25) is 0 Å². The highest BCUT2D eigenvalue weighted by Crippen LogP contribution is 2.37. The van der Waals surface area contributed by atoms with E-state index in [1.54, 1.807) is 6.07 Å². The van der Waals surface area contributed by atoms with Crippen LogP contribution < -0.4 is 5.73 Å². The lowest BCUT2D eigenvalue weighted by Crippen LogP contribution is -2.36. The average molecular weight is 304 g/mol. The first kappa shape index (κ1) is 14.9. The summed E-state index contributed by atoms with van der Waals surface area (Å²) in [5.74, 6) is -1.36. The summed E-state index contributed by atoms with van der Waals surface area (Å²) in [4.78, 5) is 15.6. The third-order valence-electron chi connectivity index (χ3n) is 4.62. The van der Waals surface area contributed by atoms with Crippen molar-refractivity contribution in [2.75, 3.05) is 0 Å². The number of amides is 1. The van der Waals surface area contributed by atoms with E-state index in [9.17, 15) is 13.6 Å². The summed E-state index contributed by atoms with van der Waals surface area (Å²) in [5.41, 5.74) is 5.78. The molecule has 22 heavy (non-hydrogen) atoms. The highest BCUT2D eigenvalue weighted by molar-refractivity contribution is 5.97. The molecule has 1 aliphatic rings. The van der Waals surface area contributed by atoms with E-state index < -0.39 is 17.4 Å². The minimum Gasteiger partial charge on any atom is -0.366 e. The fraction of sp³-hybridized carbons (Fsp3) is 0.412. The number of fused-ring (bicyclic) bond motifs is 2. The van der Waals surface area contributed by atoms with E-state index in [4.69, 9.17) is 5.73 Å². The topological polar surface area (TPSA) is 56.0 Å². The van der Waals surface area contributed by atoms with Crippen LogP contribution >= 0.6 is 0 Å². The van der Waals surface area contributed by atoms with E-state index in [1.807, 2.05) is 13.8 Å². The number of halogens is 2. The van der Waals surface area contributed by atoms with E-state index in [1.165, 1.54) is 6.07 Å². The van der Waals surface area contributed by atoms with Gasteiger partial charge in [-0.1, -0.05) is 13.8 Å². The Bertz CT molecular complexity index is 773. The molecule has 2 aromatic rings. The number of hydrogen-bond acceptors (Lipinski definition) is 2. The highest BCUT2D eigenvalue weighted by Gasteiger charge is 2.38. The molecule has 1 unspecified atom stereocenters. The maximum absolute atomic E-state index is 14.9. The van der Waals surface area contributed by atoms with Gasteiger partial charge in [0.15, 0.2) is 0 Å². The van der Waals surface area contributed by atoms with E-state index >= 15 is 0 Å². The second-order valence-electron chi connectivity index (χ2n) is 6.35. The number of carbonyl (C=O) groups excluding carboxylic acids is 1. The molecule has 0 fully saturated rings. The summed E-state index contributed by atoms with van der Waals surface area (Å²) in [6.07, 6.45) is 1.17. The third kappa shape index (κ3) is 2.34. The van der Waals surface area contributed by atoms with Gasteiger partial charge in [0.2, 0.25) is 5.91 Å². The molecule has 0 aliphatic heterocycles. The monoisotopic (exact) mass is 304 g/mol. The quantitative estimate of drug-likeness (QED) is 0.925. The van der Waals surface area contributed by atoms with Crippen LogP contribution in [0.5, 0.6) is 0 Å². The lowest BCUT2D eigenvalue weighted by molar-refractivity contribution is 0.0821. The van der Waals surface area contributed by atoms with Gasteiger partial charge in [-0.25, -0.2) is 13.8 Å². The van der Waals surface area contributed by atoms with E-state index in [-0.39, 0.29) is 23.4 Å². The first-order chi connectivity index (χ1) is 10.3. The Morgan fingerprint density at radius 3 is 2.73 bits per heavy atom. The minimum atomic E-state index is -1.26. The Hall–Kier alpha value is -2.04. The van der Waals surface area contributed by atoms with E-state index in [0.717, 1.165) is 17.3 Å². The van der Waals surface area contributed by atoms with E-state index in [2.05, 4.69) is 4.98 Å². The van der Waals surface area contributed by atoms with Crippen molar-refractivity contribution in [3.8, 4) is 0 Å². The highest BCUT2D eigenvalue weighted by atomic mass is 19.1. The summed E-state index contributed by atoms with van der Waals surface area (Å²) < 4.78 is 29.0. The van der Waals surface area contributed by atoms with Gasteiger partial charge in [0.1, 0.15) is 17.0 Å². The van der Waals surface area contributed by atoms with Gasteiger partial charge in [-0.15, -0.1) is 0 Å². The maximum Gasteiger partial charge on any atom is 0.248 e. The van der Waals surface area contributed by atoms with Crippen molar-refractivity contribution >= 4 is 16.8 Å². The molecular formula is C17H18F2N2O. The Morgan fingerprint density at radius 2 is 2.09 bits per heavy atom. The molecule has 1 aromatic heterocycles. The molecule has 2 N–H and O–H groups in total. The zero-order valence-electron chi connectivity index (χ0n) is 12.6. The van der Waals surface area contributed by atoms with Gasteiger partial charge in [0.05, 0.1) is 0 Å². The van der Waals surface area contributed by atoms with Gasteiger partial charge >= 0.3 is 0 Å². The molecule has 116 valence electrons. The molecule has 0 spiro atoms. The first-order valence-electron chi connectivity index (χ1n) is 7.41. The predicted octanol–water partition coefficient (Wildman–Crippen LogP) is 3.33. The van der Waals surface area contributed by atoms with Gasteiger partial charge in [0.25, 0.3) is 0 Å². The number of primary amides is 1. The Balaban J connectivity index is 2.15. The lowest BCUT2D eigenvalue weighted by atomic mass is 9.77. The number of pyridine rings is 1. The Labute approximate surface area is 127 Å². The number of aryl methyl sites for hydroxylation is 1. The summed E-state index contributed by atoms with van der Waals surface area (Å²) in [7, 11) is 0. The predicted molar refractivity (Wildman–Crippen MR) is 80.9 cm³/mol. The summed E-state index contributed by atoms with van der Waals surface area (Å²) in [5, 5.41) is 0.487. The number of nitrogens with zero attached hydrogens (tertiary/aromatic N) is 1. The maximum atomic E-state index is 14.9. The van der Waals surface area contributed by atoms with Crippen LogP contribution in [-0.4, -0.2) is 16.6 Å². The lowest BCUT2D eigenvalue weighted by Gasteiger charge is -2.34. The van der Waals surface area contributed by atoms with Gasteiger partial charge in [-0.2, -0.15) is 0 Å². The summed E-state index contributed by atoms with van der Waals surface area (Å²) in [6.45, 7) is 3.73. The van der Waals surface area contributed by atoms with Crippen molar-refractivity contribution in [1.82, 2.24) is 4.98 Å². The van der Waals surface area contributed by atoms with Crippen LogP contribution in [0.15, 0.2) is 18.2 Å². The fourth-order valence-corrected chi connectivity index (χ4v) is 3.06. The zero-order valence-corrected chi connectivity index (χ0v) is 12.6. The molecule has 3 nitrogen and oxygen atoms in total. The van der Waals surface area contributed by atoms with E-state index in [0.29, 0.717) is 18.2 Å². The second-order valence-corrected chi connectivity index (χ2v) is 6.35. The van der Waals surface area contributed by atoms with Crippen LogP contribution in [-0.2, 0) is 12.8 Å². The standard InChI is InChI=1S/C17H18F2N2O/c1-9(2)17(19)4-3-14-12(8-17)6-10-5-11(16(20)22)7-13(18)15(10)21-14/h5-7,9H,3-4,8H2,1-2H3,(H2,20,22). The van der Waals surface area contributed by atoms with Crippen molar-refractivity contribution < 1.29 is 13.6 Å². The van der Waals surface area contributed by atoms with Gasteiger partial charge in [-0.3, -0.25) is 4.79 Å². The van der Waals surface area contributed by atoms with Crippen molar-refractivity contribution in [2.45, 2.75) is 38.8 Å². The molecule has 1 aliphatic carbocycles. The molecule has 1 heterocycles. The number of aromatic nitrogens is 1. The molecule has 1 amide bonds. The molecule has 0 saturated carbocycles. The van der Waals surface area contributed by atoms with Crippen LogP contribution in [0.25, 0.3) is 10.9 Å². The van der Waals surface area contributed by atoms with Gasteiger partial charge < -0.3 is 5.73 Å². The number of nitrogens with two attached hydrogens (primary N) is 1. The number of benzene rings is 1.